The summed E-state index contributed by atoms with van der Waals surface area (Å²) in [5, 5.41) is 3.14. The van der Waals surface area contributed by atoms with E-state index in [9.17, 15) is 9.59 Å². The van der Waals surface area contributed by atoms with Crippen LogP contribution in [-0.4, -0.2) is 55.2 Å². The second kappa shape index (κ2) is 8.35. The van der Waals surface area contributed by atoms with Crippen molar-refractivity contribution in [1.29, 1.82) is 0 Å². The Bertz CT molecular complexity index is 879. The molecule has 0 aromatic heterocycles. The molecule has 29 heavy (non-hydrogen) atoms. The molecule has 2 aromatic carbocycles. The van der Waals surface area contributed by atoms with Crippen LogP contribution in [-0.2, 0) is 20.7 Å². The van der Waals surface area contributed by atoms with Gasteiger partial charge in [0.2, 0.25) is 0 Å². The number of rotatable bonds is 5. The minimum absolute atomic E-state index is 0.200. The number of carbonyl (C=O) groups is 2. The zero-order valence-corrected chi connectivity index (χ0v) is 16.6. The summed E-state index contributed by atoms with van der Waals surface area (Å²) in [5.41, 5.74) is 1.17. The molecule has 0 aliphatic carbocycles. The molecule has 152 valence electrons. The maximum absolute atomic E-state index is 13.3. The molecule has 2 aliphatic rings. The summed E-state index contributed by atoms with van der Waals surface area (Å²) < 4.78 is 11.0. The molecule has 6 nitrogen and oxygen atoms in total. The standard InChI is InChI=1S/C23H26N2O4/c1-23(15-18-9-5-6-10-19(18)21(26)29-23)22(27)24-20(17-7-3-2-4-8-17)16-25-11-13-28-14-12-25/h2-10,20H,11-16H2,1H3,(H,24,27). The molecule has 0 radical (unpaired) electrons. The number of hydrogen-bond donors (Lipinski definition) is 1. The van der Waals surface area contributed by atoms with Crippen LogP contribution in [0.2, 0.25) is 0 Å². The monoisotopic (exact) mass is 394 g/mol. The molecule has 6 heteroatoms. The predicted octanol–water partition coefficient (Wildman–Crippen LogP) is 2.35. The molecule has 2 atom stereocenters. The molecule has 1 N–H and O–H groups in total. The summed E-state index contributed by atoms with van der Waals surface area (Å²) in [5.74, 6) is -0.726. The van der Waals surface area contributed by atoms with Crippen LogP contribution in [0.1, 0.15) is 34.5 Å². The lowest BCUT2D eigenvalue weighted by molar-refractivity contribution is -0.140. The fourth-order valence-corrected chi connectivity index (χ4v) is 3.93. The average Bonchev–Trinajstić information content (AvgIpc) is 2.74. The molecule has 1 fully saturated rings. The summed E-state index contributed by atoms with van der Waals surface area (Å²) in [6.45, 7) is 5.42. The third-order valence-corrected chi connectivity index (χ3v) is 5.62. The van der Waals surface area contributed by atoms with E-state index >= 15 is 0 Å². The van der Waals surface area contributed by atoms with Gasteiger partial charge in [0.15, 0.2) is 5.60 Å². The van der Waals surface area contributed by atoms with Crippen LogP contribution < -0.4 is 5.32 Å². The largest absolute Gasteiger partial charge is 0.445 e. The zero-order chi connectivity index (χ0) is 20.3. The van der Waals surface area contributed by atoms with Crippen LogP contribution in [0.25, 0.3) is 0 Å². The van der Waals surface area contributed by atoms with Gasteiger partial charge in [-0.1, -0.05) is 48.5 Å². The molecule has 2 unspecified atom stereocenters. The Hall–Kier alpha value is -2.70. The summed E-state index contributed by atoms with van der Waals surface area (Å²) in [6, 6.07) is 17.0. The average molecular weight is 394 g/mol. The van der Waals surface area contributed by atoms with E-state index in [1.165, 1.54) is 0 Å². The molecular formula is C23H26N2O4. The first kappa shape index (κ1) is 19.6. The highest BCUT2D eigenvalue weighted by Gasteiger charge is 2.43. The van der Waals surface area contributed by atoms with Crippen LogP contribution in [0.15, 0.2) is 54.6 Å². The van der Waals surface area contributed by atoms with Gasteiger partial charge in [-0.05, 0) is 24.1 Å². The first-order valence-corrected chi connectivity index (χ1v) is 10.0. The summed E-state index contributed by atoms with van der Waals surface area (Å²) in [7, 11) is 0. The van der Waals surface area contributed by atoms with Crippen LogP contribution in [0.4, 0.5) is 0 Å². The van der Waals surface area contributed by atoms with E-state index in [1.807, 2.05) is 42.5 Å². The van der Waals surface area contributed by atoms with Crippen molar-refractivity contribution in [2.75, 3.05) is 32.8 Å². The summed E-state index contributed by atoms with van der Waals surface area (Å²) >= 11 is 0. The number of hydrogen-bond acceptors (Lipinski definition) is 5. The number of ether oxygens (including phenoxy) is 2. The predicted molar refractivity (Wildman–Crippen MR) is 109 cm³/mol. The maximum atomic E-state index is 13.3. The number of morpholine rings is 1. The Kier molecular flexibility index (Phi) is 5.65. The lowest BCUT2D eigenvalue weighted by atomic mass is 9.89. The van der Waals surface area contributed by atoms with Gasteiger partial charge in [-0.2, -0.15) is 0 Å². The van der Waals surface area contributed by atoms with Crippen LogP contribution in [0.3, 0.4) is 0 Å². The van der Waals surface area contributed by atoms with Crippen molar-refractivity contribution >= 4 is 11.9 Å². The first-order chi connectivity index (χ1) is 14.0. The Labute approximate surface area is 170 Å². The highest BCUT2D eigenvalue weighted by Crippen LogP contribution is 2.29. The van der Waals surface area contributed by atoms with Gasteiger partial charge < -0.3 is 14.8 Å². The first-order valence-electron chi connectivity index (χ1n) is 10.0. The van der Waals surface area contributed by atoms with Gasteiger partial charge in [0.05, 0.1) is 24.8 Å². The Morgan fingerprint density at radius 2 is 1.79 bits per heavy atom. The number of benzene rings is 2. The zero-order valence-electron chi connectivity index (χ0n) is 16.6. The van der Waals surface area contributed by atoms with Gasteiger partial charge in [-0.15, -0.1) is 0 Å². The third kappa shape index (κ3) is 4.33. The minimum Gasteiger partial charge on any atom is -0.445 e. The number of nitrogens with zero attached hydrogens (tertiary/aromatic N) is 1. The number of fused-ring (bicyclic) bond motifs is 1. The van der Waals surface area contributed by atoms with E-state index in [2.05, 4.69) is 10.2 Å². The van der Waals surface area contributed by atoms with Crippen molar-refractivity contribution in [2.45, 2.75) is 25.0 Å². The second-order valence-electron chi connectivity index (χ2n) is 7.80. The normalized spacial score (nSPS) is 23.0. The van der Waals surface area contributed by atoms with E-state index in [1.54, 1.807) is 19.1 Å². The smallest absolute Gasteiger partial charge is 0.339 e. The third-order valence-electron chi connectivity index (χ3n) is 5.62. The van der Waals surface area contributed by atoms with E-state index < -0.39 is 11.6 Å². The quantitative estimate of drug-likeness (QED) is 0.789. The van der Waals surface area contributed by atoms with E-state index in [-0.39, 0.29) is 11.9 Å². The molecule has 0 saturated carbocycles. The lowest BCUT2D eigenvalue weighted by Crippen LogP contribution is -2.54. The van der Waals surface area contributed by atoms with Crippen molar-refractivity contribution in [1.82, 2.24) is 10.2 Å². The molecule has 0 spiro atoms. The topological polar surface area (TPSA) is 67.9 Å². The van der Waals surface area contributed by atoms with Gasteiger partial charge >= 0.3 is 5.97 Å². The van der Waals surface area contributed by atoms with Crippen LogP contribution >= 0.6 is 0 Å². The molecule has 4 rings (SSSR count). The fraction of sp³-hybridized carbons (Fsp3) is 0.391. The van der Waals surface area contributed by atoms with Gasteiger partial charge in [-0.3, -0.25) is 9.69 Å². The number of nitrogens with one attached hydrogen (secondary N) is 1. The molecule has 1 saturated heterocycles. The van der Waals surface area contributed by atoms with Gasteiger partial charge in [0.25, 0.3) is 5.91 Å². The van der Waals surface area contributed by atoms with Gasteiger partial charge in [0.1, 0.15) is 0 Å². The van der Waals surface area contributed by atoms with Crippen molar-refractivity contribution < 1.29 is 19.1 Å². The minimum atomic E-state index is -1.23. The molecular weight excluding hydrogens is 368 g/mol. The molecule has 2 aliphatic heterocycles. The molecule has 2 heterocycles. The number of carbonyl (C=O) groups excluding carboxylic acids is 2. The molecule has 1 amide bonds. The highest BCUT2D eigenvalue weighted by molar-refractivity contribution is 5.97. The van der Waals surface area contributed by atoms with Gasteiger partial charge in [0, 0.05) is 26.1 Å². The SMILES string of the molecule is CC1(C(=O)NC(CN2CCOCC2)c2ccccc2)Cc2ccccc2C(=O)O1. The molecule has 0 bridgehead atoms. The van der Waals surface area contributed by atoms with Crippen LogP contribution in [0, 0.1) is 0 Å². The van der Waals surface area contributed by atoms with Crippen molar-refractivity contribution in [3.8, 4) is 0 Å². The Morgan fingerprint density at radius 3 is 2.55 bits per heavy atom. The molecule has 2 aromatic rings. The Balaban J connectivity index is 1.53. The number of cyclic esters (lactones) is 1. The van der Waals surface area contributed by atoms with Crippen LogP contribution in [0.5, 0.6) is 0 Å². The van der Waals surface area contributed by atoms with E-state index in [4.69, 9.17) is 9.47 Å². The van der Waals surface area contributed by atoms with Crippen molar-refractivity contribution in [3.05, 3.63) is 71.3 Å². The number of amides is 1. The van der Waals surface area contributed by atoms with Crippen molar-refractivity contribution in [3.63, 3.8) is 0 Å². The summed E-state index contributed by atoms with van der Waals surface area (Å²) in [4.78, 5) is 28.0. The maximum Gasteiger partial charge on any atom is 0.339 e. The van der Waals surface area contributed by atoms with E-state index in [0.29, 0.717) is 31.7 Å². The summed E-state index contributed by atoms with van der Waals surface area (Å²) in [6.07, 6.45) is 0.361. The number of esters is 1. The fourth-order valence-electron chi connectivity index (χ4n) is 3.93. The second-order valence-corrected chi connectivity index (χ2v) is 7.80. The van der Waals surface area contributed by atoms with Gasteiger partial charge in [-0.25, -0.2) is 4.79 Å². The Morgan fingerprint density at radius 1 is 1.10 bits per heavy atom. The van der Waals surface area contributed by atoms with Crippen molar-refractivity contribution in [2.24, 2.45) is 0 Å². The van der Waals surface area contributed by atoms with E-state index in [0.717, 1.165) is 24.2 Å². The highest BCUT2D eigenvalue weighted by atomic mass is 16.6. The lowest BCUT2D eigenvalue weighted by Gasteiger charge is -2.36.